The summed E-state index contributed by atoms with van der Waals surface area (Å²) in [5, 5.41) is 13.2. The molecule has 0 unspecified atom stereocenters. The number of carboxylic acid groups (broad SMARTS) is 1. The second-order valence-electron chi connectivity index (χ2n) is 4.27. The molecule has 5 nitrogen and oxygen atoms in total. The fourth-order valence-corrected chi connectivity index (χ4v) is 2.63. The van der Waals surface area contributed by atoms with Gasteiger partial charge in [0.2, 0.25) is 0 Å². The minimum atomic E-state index is -1.01. The van der Waals surface area contributed by atoms with E-state index in [9.17, 15) is 4.79 Å². The molecule has 0 saturated carbocycles. The second-order valence-corrected chi connectivity index (χ2v) is 5.34. The maximum atomic E-state index is 11.0. The molecule has 1 aliphatic heterocycles. The first-order valence-corrected chi connectivity index (χ1v) is 6.78. The Hall–Kier alpha value is -1.69. The van der Waals surface area contributed by atoms with Crippen LogP contribution in [0.2, 0.25) is 0 Å². The van der Waals surface area contributed by atoms with E-state index in [1.807, 2.05) is 30.8 Å². The molecule has 0 atom stereocenters. The highest BCUT2D eigenvalue weighted by Gasteiger charge is 2.27. The summed E-state index contributed by atoms with van der Waals surface area (Å²) >= 11 is 1.83. The zero-order valence-electron chi connectivity index (χ0n) is 9.79. The molecular weight excluding hydrogens is 252 g/mol. The summed E-state index contributed by atoms with van der Waals surface area (Å²) in [6, 6.07) is 5.55. The number of aryl methyl sites for hydroxylation is 1. The highest BCUT2D eigenvalue weighted by molar-refractivity contribution is 8.00. The van der Waals surface area contributed by atoms with Gasteiger partial charge in [-0.15, -0.1) is 0 Å². The fourth-order valence-electron chi connectivity index (χ4n) is 1.90. The van der Waals surface area contributed by atoms with Crippen LogP contribution in [0.15, 0.2) is 22.6 Å². The van der Waals surface area contributed by atoms with Gasteiger partial charge < -0.3 is 9.52 Å². The SMILES string of the molecule is Cc1ccc(-c2cc(C(=O)O)nn2C2CSC2)o1. The number of thioether (sulfide) groups is 1. The minimum Gasteiger partial charge on any atom is -0.476 e. The van der Waals surface area contributed by atoms with Crippen LogP contribution in [0, 0.1) is 6.92 Å². The molecule has 3 rings (SSSR count). The van der Waals surface area contributed by atoms with E-state index in [1.165, 1.54) is 0 Å². The number of carbonyl (C=O) groups is 1. The average Bonchev–Trinajstić information content (AvgIpc) is 2.82. The first-order chi connectivity index (χ1) is 8.65. The smallest absolute Gasteiger partial charge is 0.356 e. The Labute approximate surface area is 108 Å². The largest absolute Gasteiger partial charge is 0.476 e. The number of nitrogens with zero attached hydrogens (tertiary/aromatic N) is 2. The average molecular weight is 264 g/mol. The van der Waals surface area contributed by atoms with E-state index in [0.29, 0.717) is 5.76 Å². The lowest BCUT2D eigenvalue weighted by atomic mass is 10.2. The van der Waals surface area contributed by atoms with E-state index in [1.54, 1.807) is 10.7 Å². The first-order valence-electron chi connectivity index (χ1n) is 5.62. The normalized spacial score (nSPS) is 15.6. The molecule has 3 heterocycles. The standard InChI is InChI=1S/C12H12N2O3S/c1-7-2-3-11(17-7)10-4-9(12(15)16)13-14(10)8-5-18-6-8/h2-4,8H,5-6H2,1H3,(H,15,16). The van der Waals surface area contributed by atoms with E-state index in [0.717, 1.165) is 23.0 Å². The van der Waals surface area contributed by atoms with Gasteiger partial charge in [0.1, 0.15) is 11.5 Å². The van der Waals surface area contributed by atoms with Crippen molar-refractivity contribution >= 4 is 17.7 Å². The Morgan fingerprint density at radius 2 is 2.33 bits per heavy atom. The number of hydrogen-bond donors (Lipinski definition) is 1. The third-order valence-electron chi connectivity index (χ3n) is 2.91. The van der Waals surface area contributed by atoms with Crippen LogP contribution in [0.4, 0.5) is 0 Å². The summed E-state index contributed by atoms with van der Waals surface area (Å²) in [5.41, 5.74) is 0.807. The Morgan fingerprint density at radius 1 is 1.56 bits per heavy atom. The zero-order chi connectivity index (χ0) is 12.7. The van der Waals surface area contributed by atoms with Crippen LogP contribution in [0.1, 0.15) is 22.3 Å². The zero-order valence-corrected chi connectivity index (χ0v) is 10.6. The molecular formula is C12H12N2O3S. The van der Waals surface area contributed by atoms with Crippen molar-refractivity contribution < 1.29 is 14.3 Å². The number of furan rings is 1. The highest BCUT2D eigenvalue weighted by Crippen LogP contribution is 2.34. The van der Waals surface area contributed by atoms with Crippen molar-refractivity contribution in [3.8, 4) is 11.5 Å². The van der Waals surface area contributed by atoms with Crippen LogP contribution in [-0.2, 0) is 0 Å². The summed E-state index contributed by atoms with van der Waals surface area (Å²) < 4.78 is 7.34. The van der Waals surface area contributed by atoms with Gasteiger partial charge in [0.15, 0.2) is 11.5 Å². The number of aromatic carboxylic acids is 1. The highest BCUT2D eigenvalue weighted by atomic mass is 32.2. The van der Waals surface area contributed by atoms with Gasteiger partial charge in [-0.1, -0.05) is 0 Å². The summed E-state index contributed by atoms with van der Waals surface area (Å²) in [4.78, 5) is 11.0. The summed E-state index contributed by atoms with van der Waals surface area (Å²) in [6.07, 6.45) is 0. The maximum absolute atomic E-state index is 11.0. The molecule has 1 saturated heterocycles. The Balaban J connectivity index is 2.08. The Kier molecular flexibility index (Phi) is 2.66. The lowest BCUT2D eigenvalue weighted by Crippen LogP contribution is -2.24. The van der Waals surface area contributed by atoms with E-state index < -0.39 is 5.97 Å². The Morgan fingerprint density at radius 3 is 2.83 bits per heavy atom. The van der Waals surface area contributed by atoms with E-state index in [4.69, 9.17) is 9.52 Å². The van der Waals surface area contributed by atoms with E-state index in [2.05, 4.69) is 5.10 Å². The van der Waals surface area contributed by atoms with Crippen LogP contribution in [0.3, 0.4) is 0 Å². The van der Waals surface area contributed by atoms with Gasteiger partial charge in [0, 0.05) is 17.6 Å². The van der Waals surface area contributed by atoms with Crippen LogP contribution < -0.4 is 0 Å². The molecule has 2 aromatic rings. The molecule has 0 bridgehead atoms. The molecule has 0 aromatic carbocycles. The molecule has 0 amide bonds. The lowest BCUT2D eigenvalue weighted by molar-refractivity contribution is 0.0689. The molecule has 0 radical (unpaired) electrons. The molecule has 1 fully saturated rings. The number of rotatable bonds is 3. The molecule has 18 heavy (non-hydrogen) atoms. The minimum absolute atomic E-state index is 0.0657. The van der Waals surface area contributed by atoms with Crippen molar-refractivity contribution in [2.75, 3.05) is 11.5 Å². The van der Waals surface area contributed by atoms with Crippen molar-refractivity contribution in [3.63, 3.8) is 0 Å². The van der Waals surface area contributed by atoms with Crippen LogP contribution >= 0.6 is 11.8 Å². The molecule has 1 N–H and O–H groups in total. The third-order valence-corrected chi connectivity index (χ3v) is 4.15. The van der Waals surface area contributed by atoms with Gasteiger partial charge in [0.05, 0.1) is 6.04 Å². The van der Waals surface area contributed by atoms with Gasteiger partial charge in [-0.25, -0.2) is 4.79 Å². The molecule has 6 heteroatoms. The van der Waals surface area contributed by atoms with Gasteiger partial charge in [-0.05, 0) is 19.1 Å². The predicted molar refractivity (Wildman–Crippen MR) is 68.0 cm³/mol. The van der Waals surface area contributed by atoms with E-state index in [-0.39, 0.29) is 11.7 Å². The van der Waals surface area contributed by atoms with Crippen LogP contribution in [0.5, 0.6) is 0 Å². The van der Waals surface area contributed by atoms with Crippen LogP contribution in [0.25, 0.3) is 11.5 Å². The Bertz CT molecular complexity index is 598. The molecule has 0 spiro atoms. The van der Waals surface area contributed by atoms with Crippen molar-refractivity contribution in [3.05, 3.63) is 29.7 Å². The van der Waals surface area contributed by atoms with Crippen molar-refractivity contribution in [1.29, 1.82) is 0 Å². The molecule has 94 valence electrons. The monoisotopic (exact) mass is 264 g/mol. The van der Waals surface area contributed by atoms with Gasteiger partial charge >= 0.3 is 5.97 Å². The number of carboxylic acids is 1. The quantitative estimate of drug-likeness (QED) is 0.922. The lowest BCUT2D eigenvalue weighted by Gasteiger charge is -2.26. The van der Waals surface area contributed by atoms with Crippen molar-refractivity contribution in [1.82, 2.24) is 9.78 Å². The fraction of sp³-hybridized carbons (Fsp3) is 0.333. The van der Waals surface area contributed by atoms with Crippen molar-refractivity contribution in [2.45, 2.75) is 13.0 Å². The van der Waals surface area contributed by atoms with Gasteiger partial charge in [0.25, 0.3) is 0 Å². The van der Waals surface area contributed by atoms with Crippen molar-refractivity contribution in [2.24, 2.45) is 0 Å². The third kappa shape index (κ3) is 1.82. The summed E-state index contributed by atoms with van der Waals surface area (Å²) in [5.74, 6) is 2.40. The molecule has 1 aliphatic rings. The van der Waals surface area contributed by atoms with Crippen LogP contribution in [-0.4, -0.2) is 32.4 Å². The number of hydrogen-bond acceptors (Lipinski definition) is 4. The summed E-state index contributed by atoms with van der Waals surface area (Å²) in [7, 11) is 0. The van der Waals surface area contributed by atoms with Gasteiger partial charge in [-0.3, -0.25) is 4.68 Å². The van der Waals surface area contributed by atoms with Gasteiger partial charge in [-0.2, -0.15) is 16.9 Å². The van der Waals surface area contributed by atoms with E-state index >= 15 is 0 Å². The maximum Gasteiger partial charge on any atom is 0.356 e. The number of aromatic nitrogens is 2. The predicted octanol–water partition coefficient (Wildman–Crippen LogP) is 2.44. The first kappa shape index (κ1) is 11.4. The summed E-state index contributed by atoms with van der Waals surface area (Å²) in [6.45, 7) is 1.86. The molecule has 0 aliphatic carbocycles. The topological polar surface area (TPSA) is 68.3 Å². The molecule has 2 aromatic heterocycles. The second kappa shape index (κ2) is 4.20.